The number of carbonyl (C=O) groups is 2. The van der Waals surface area contributed by atoms with Crippen molar-refractivity contribution < 1.29 is 14.3 Å². The van der Waals surface area contributed by atoms with E-state index in [9.17, 15) is 9.59 Å². The maximum atomic E-state index is 12.9. The molecule has 27 heavy (non-hydrogen) atoms. The minimum absolute atomic E-state index is 0.146. The molecule has 2 amide bonds. The number of para-hydroxylation sites is 1. The lowest BCUT2D eigenvalue weighted by Gasteiger charge is -2.34. The molecule has 1 aromatic rings. The highest BCUT2D eigenvalue weighted by Gasteiger charge is 2.39. The minimum Gasteiger partial charge on any atom is -0.490 e. The van der Waals surface area contributed by atoms with E-state index in [4.69, 9.17) is 4.74 Å². The van der Waals surface area contributed by atoms with Crippen LogP contribution >= 0.6 is 0 Å². The number of amides is 2. The third-order valence-corrected chi connectivity index (χ3v) is 6.19. The predicted molar refractivity (Wildman–Crippen MR) is 104 cm³/mol. The maximum Gasteiger partial charge on any atom is 0.227 e. The van der Waals surface area contributed by atoms with E-state index in [1.807, 2.05) is 15.9 Å². The van der Waals surface area contributed by atoms with Crippen molar-refractivity contribution >= 4 is 11.8 Å². The lowest BCUT2D eigenvalue weighted by Crippen LogP contribution is -2.45. The number of nitrogens with zero attached hydrogens (tertiary/aromatic N) is 2. The van der Waals surface area contributed by atoms with Crippen LogP contribution in [0.25, 0.3) is 0 Å². The molecule has 1 unspecified atom stereocenters. The Morgan fingerprint density at radius 2 is 1.78 bits per heavy atom. The molecule has 0 N–H and O–H groups in total. The summed E-state index contributed by atoms with van der Waals surface area (Å²) < 4.78 is 6.25. The van der Waals surface area contributed by atoms with Crippen molar-refractivity contribution in [3.8, 4) is 5.75 Å². The van der Waals surface area contributed by atoms with Crippen molar-refractivity contribution in [3.05, 3.63) is 29.3 Å². The molecule has 1 atom stereocenters. The van der Waals surface area contributed by atoms with Gasteiger partial charge in [-0.3, -0.25) is 9.59 Å². The molecule has 2 heterocycles. The van der Waals surface area contributed by atoms with Gasteiger partial charge in [0.25, 0.3) is 0 Å². The second-order valence-corrected chi connectivity index (χ2v) is 8.51. The van der Waals surface area contributed by atoms with Gasteiger partial charge in [-0.2, -0.15) is 0 Å². The molecule has 0 spiro atoms. The van der Waals surface area contributed by atoms with E-state index in [0.29, 0.717) is 18.9 Å². The van der Waals surface area contributed by atoms with Crippen LogP contribution in [0.15, 0.2) is 18.2 Å². The highest BCUT2D eigenvalue weighted by Crippen LogP contribution is 2.33. The third kappa shape index (κ3) is 4.12. The van der Waals surface area contributed by atoms with Gasteiger partial charge >= 0.3 is 0 Å². The first kappa shape index (κ1) is 18.3. The fraction of sp³-hybridized carbons (Fsp3) is 0.636. The SMILES string of the molecule is Cc1cccc(C)c1OC1CCN(C(=O)C2CC(=O)N(CC3CC3)C2)CC1. The molecule has 5 nitrogen and oxygen atoms in total. The zero-order valence-corrected chi connectivity index (χ0v) is 16.4. The number of carbonyl (C=O) groups excluding carboxylic acids is 2. The van der Waals surface area contributed by atoms with Crippen LogP contribution in [0.1, 0.15) is 43.2 Å². The van der Waals surface area contributed by atoms with Crippen molar-refractivity contribution in [3.63, 3.8) is 0 Å². The van der Waals surface area contributed by atoms with Crippen molar-refractivity contribution in [2.75, 3.05) is 26.2 Å². The van der Waals surface area contributed by atoms with Crippen molar-refractivity contribution in [2.24, 2.45) is 11.8 Å². The number of benzene rings is 1. The first-order valence-corrected chi connectivity index (χ1v) is 10.3. The van der Waals surface area contributed by atoms with Crippen LogP contribution in [0.4, 0.5) is 0 Å². The summed E-state index contributed by atoms with van der Waals surface area (Å²) in [5.74, 6) is 1.84. The molecule has 2 saturated heterocycles. The van der Waals surface area contributed by atoms with Gasteiger partial charge in [-0.25, -0.2) is 0 Å². The van der Waals surface area contributed by atoms with E-state index in [1.54, 1.807) is 0 Å². The van der Waals surface area contributed by atoms with Gasteiger partial charge in [-0.15, -0.1) is 0 Å². The first-order valence-electron chi connectivity index (χ1n) is 10.3. The van der Waals surface area contributed by atoms with Gasteiger partial charge in [0.15, 0.2) is 0 Å². The van der Waals surface area contributed by atoms with Gasteiger partial charge < -0.3 is 14.5 Å². The normalized spacial score (nSPS) is 23.8. The molecule has 0 bridgehead atoms. The van der Waals surface area contributed by atoms with Gasteiger partial charge in [0.05, 0.1) is 5.92 Å². The molecule has 3 aliphatic rings. The van der Waals surface area contributed by atoms with Gasteiger partial charge in [0, 0.05) is 45.4 Å². The van der Waals surface area contributed by atoms with Gasteiger partial charge in [0.1, 0.15) is 11.9 Å². The van der Waals surface area contributed by atoms with Crippen LogP contribution in [0, 0.1) is 25.7 Å². The zero-order valence-electron chi connectivity index (χ0n) is 16.4. The number of hydrogen-bond donors (Lipinski definition) is 0. The highest BCUT2D eigenvalue weighted by atomic mass is 16.5. The molecule has 1 aliphatic carbocycles. The van der Waals surface area contributed by atoms with Crippen LogP contribution in [0.5, 0.6) is 5.75 Å². The summed E-state index contributed by atoms with van der Waals surface area (Å²) >= 11 is 0. The summed E-state index contributed by atoms with van der Waals surface area (Å²) in [6, 6.07) is 6.20. The Hall–Kier alpha value is -2.04. The summed E-state index contributed by atoms with van der Waals surface area (Å²) in [6.45, 7) is 7.07. The maximum absolute atomic E-state index is 12.9. The Kier molecular flexibility index (Phi) is 5.11. The lowest BCUT2D eigenvalue weighted by atomic mass is 10.0. The largest absolute Gasteiger partial charge is 0.490 e. The van der Waals surface area contributed by atoms with E-state index in [2.05, 4.69) is 26.0 Å². The predicted octanol–water partition coefficient (Wildman–Crippen LogP) is 2.93. The zero-order chi connectivity index (χ0) is 19.0. The van der Waals surface area contributed by atoms with Crippen molar-refractivity contribution in [1.29, 1.82) is 0 Å². The molecule has 146 valence electrons. The summed E-state index contributed by atoms with van der Waals surface area (Å²) in [6.07, 6.45) is 4.72. The van der Waals surface area contributed by atoms with Crippen molar-refractivity contribution in [1.82, 2.24) is 9.80 Å². The molecule has 1 saturated carbocycles. The summed E-state index contributed by atoms with van der Waals surface area (Å²) in [5.41, 5.74) is 2.32. The second kappa shape index (κ2) is 7.53. The molecule has 4 rings (SSSR count). The Morgan fingerprint density at radius 1 is 1.11 bits per heavy atom. The minimum atomic E-state index is -0.146. The molecule has 5 heteroatoms. The van der Waals surface area contributed by atoms with Crippen molar-refractivity contribution in [2.45, 2.75) is 52.1 Å². The van der Waals surface area contributed by atoms with Crippen LogP contribution in [0.2, 0.25) is 0 Å². The van der Waals surface area contributed by atoms with Crippen LogP contribution in [0.3, 0.4) is 0 Å². The first-order chi connectivity index (χ1) is 13.0. The summed E-state index contributed by atoms with van der Waals surface area (Å²) in [5, 5.41) is 0. The molecular formula is C22H30N2O3. The number of likely N-dealkylation sites (tertiary alicyclic amines) is 2. The average molecular weight is 370 g/mol. The van der Waals surface area contributed by atoms with E-state index >= 15 is 0 Å². The van der Waals surface area contributed by atoms with Crippen LogP contribution < -0.4 is 4.74 Å². The van der Waals surface area contributed by atoms with Crippen LogP contribution in [-0.4, -0.2) is 53.9 Å². The quantitative estimate of drug-likeness (QED) is 0.801. The summed E-state index contributed by atoms with van der Waals surface area (Å²) in [7, 11) is 0. The standard InChI is InChI=1S/C22H30N2O3/c1-15-4-3-5-16(2)21(15)27-19-8-10-23(11-9-19)22(26)18-12-20(25)24(14-18)13-17-6-7-17/h3-5,17-19H,6-14H2,1-2H3. The number of piperidine rings is 1. The number of rotatable bonds is 5. The number of ether oxygens (including phenoxy) is 1. The molecule has 0 radical (unpaired) electrons. The second-order valence-electron chi connectivity index (χ2n) is 8.51. The summed E-state index contributed by atoms with van der Waals surface area (Å²) in [4.78, 5) is 28.9. The van der Waals surface area contributed by atoms with E-state index < -0.39 is 0 Å². The Balaban J connectivity index is 1.29. The van der Waals surface area contributed by atoms with Gasteiger partial charge in [-0.05, 0) is 43.7 Å². The third-order valence-electron chi connectivity index (χ3n) is 6.19. The van der Waals surface area contributed by atoms with E-state index in [1.165, 1.54) is 12.8 Å². The molecule has 0 aromatic heterocycles. The topological polar surface area (TPSA) is 49.9 Å². The van der Waals surface area contributed by atoms with Gasteiger partial charge in [0.2, 0.25) is 11.8 Å². The Morgan fingerprint density at radius 3 is 2.41 bits per heavy atom. The van der Waals surface area contributed by atoms with E-state index in [0.717, 1.165) is 49.4 Å². The fourth-order valence-corrected chi connectivity index (χ4v) is 4.33. The van der Waals surface area contributed by atoms with E-state index in [-0.39, 0.29) is 23.8 Å². The highest BCUT2D eigenvalue weighted by molar-refractivity contribution is 5.89. The molecule has 3 fully saturated rings. The fourth-order valence-electron chi connectivity index (χ4n) is 4.33. The Labute approximate surface area is 161 Å². The van der Waals surface area contributed by atoms with Crippen LogP contribution in [-0.2, 0) is 9.59 Å². The smallest absolute Gasteiger partial charge is 0.227 e. The average Bonchev–Trinajstić information content (AvgIpc) is 3.40. The molecule has 1 aromatic carbocycles. The monoisotopic (exact) mass is 370 g/mol. The number of hydrogen-bond acceptors (Lipinski definition) is 3. The van der Waals surface area contributed by atoms with Gasteiger partial charge in [-0.1, -0.05) is 18.2 Å². The molecule has 2 aliphatic heterocycles. The number of aryl methyl sites for hydroxylation is 2. The Bertz CT molecular complexity index is 700. The lowest BCUT2D eigenvalue weighted by molar-refractivity contribution is -0.137. The molecular weight excluding hydrogens is 340 g/mol.